The predicted molar refractivity (Wildman–Crippen MR) is 85.9 cm³/mol. The lowest BCUT2D eigenvalue weighted by molar-refractivity contribution is 0.625. The lowest BCUT2D eigenvalue weighted by atomic mass is 10.1. The van der Waals surface area contributed by atoms with E-state index < -0.39 is 0 Å². The molecule has 104 valence electrons. The van der Waals surface area contributed by atoms with Crippen LogP contribution in [0.1, 0.15) is 11.1 Å². The van der Waals surface area contributed by atoms with Crippen molar-refractivity contribution in [3.63, 3.8) is 0 Å². The molecule has 3 N–H and O–H groups in total. The summed E-state index contributed by atoms with van der Waals surface area (Å²) in [4.78, 5) is 0.315. The summed E-state index contributed by atoms with van der Waals surface area (Å²) in [6.45, 7) is 0.638. The van der Waals surface area contributed by atoms with Gasteiger partial charge in [0.2, 0.25) is 0 Å². The van der Waals surface area contributed by atoms with E-state index >= 15 is 0 Å². The number of hydrogen-bond donors (Lipinski definition) is 2. The Hall–Kier alpha value is -1.65. The highest BCUT2D eigenvalue weighted by Gasteiger charge is 2.05. The molecule has 0 atom stereocenters. The van der Waals surface area contributed by atoms with Crippen LogP contribution < -0.4 is 11.1 Å². The van der Waals surface area contributed by atoms with E-state index in [0.717, 1.165) is 16.8 Å². The van der Waals surface area contributed by atoms with Gasteiger partial charge in [-0.05, 0) is 42.3 Å². The van der Waals surface area contributed by atoms with Gasteiger partial charge in [0.1, 0.15) is 10.8 Å². The van der Waals surface area contributed by atoms with Crippen LogP contribution in [0.15, 0.2) is 42.5 Å². The Labute approximate surface area is 127 Å². The number of benzene rings is 2. The number of halogens is 2. The standard InChI is InChI=1S/C15H14ClFN2S/c16-11-4-5-13(15(18)20)14(9-11)19-7-6-10-2-1-3-12(17)8-10/h1-5,8-9,19H,6-7H2,(H2,18,20). The van der Waals surface area contributed by atoms with E-state index in [1.165, 1.54) is 12.1 Å². The maximum atomic E-state index is 13.1. The zero-order chi connectivity index (χ0) is 14.5. The molecule has 0 aliphatic heterocycles. The van der Waals surface area contributed by atoms with E-state index in [9.17, 15) is 4.39 Å². The van der Waals surface area contributed by atoms with E-state index in [1.807, 2.05) is 6.07 Å². The molecule has 0 aliphatic carbocycles. The Bertz CT molecular complexity index is 631. The molecule has 20 heavy (non-hydrogen) atoms. The zero-order valence-electron chi connectivity index (χ0n) is 10.7. The van der Waals surface area contributed by atoms with Crippen LogP contribution in [0.5, 0.6) is 0 Å². The van der Waals surface area contributed by atoms with E-state index in [4.69, 9.17) is 29.6 Å². The molecular formula is C15H14ClFN2S. The van der Waals surface area contributed by atoms with Crippen molar-refractivity contribution in [1.29, 1.82) is 0 Å². The van der Waals surface area contributed by atoms with Crippen LogP contribution >= 0.6 is 23.8 Å². The monoisotopic (exact) mass is 308 g/mol. The third-order valence-corrected chi connectivity index (χ3v) is 3.32. The van der Waals surface area contributed by atoms with Crippen molar-refractivity contribution < 1.29 is 4.39 Å². The van der Waals surface area contributed by atoms with Crippen molar-refractivity contribution in [3.05, 3.63) is 64.4 Å². The van der Waals surface area contributed by atoms with Gasteiger partial charge in [-0.25, -0.2) is 4.39 Å². The number of nitrogens with one attached hydrogen (secondary N) is 1. The number of rotatable bonds is 5. The Morgan fingerprint density at radius 2 is 2.05 bits per heavy atom. The van der Waals surface area contributed by atoms with Crippen LogP contribution in [0, 0.1) is 5.82 Å². The van der Waals surface area contributed by atoms with Gasteiger partial charge in [-0.15, -0.1) is 0 Å². The normalized spacial score (nSPS) is 10.3. The largest absolute Gasteiger partial charge is 0.389 e. The minimum Gasteiger partial charge on any atom is -0.389 e. The smallest absolute Gasteiger partial charge is 0.123 e. The van der Waals surface area contributed by atoms with Crippen molar-refractivity contribution in [3.8, 4) is 0 Å². The molecule has 5 heteroatoms. The fourth-order valence-electron chi connectivity index (χ4n) is 1.91. The first kappa shape index (κ1) is 14.8. The van der Waals surface area contributed by atoms with Crippen LogP contribution in [0.2, 0.25) is 5.02 Å². The SMILES string of the molecule is NC(=S)c1ccc(Cl)cc1NCCc1cccc(F)c1. The first-order chi connectivity index (χ1) is 9.56. The van der Waals surface area contributed by atoms with E-state index in [1.54, 1.807) is 24.3 Å². The molecule has 0 amide bonds. The number of thiocarbonyl (C=S) groups is 1. The predicted octanol–water partition coefficient (Wildman–Crippen LogP) is 3.77. The van der Waals surface area contributed by atoms with Crippen molar-refractivity contribution in [2.45, 2.75) is 6.42 Å². The molecule has 0 heterocycles. The summed E-state index contributed by atoms with van der Waals surface area (Å²) in [6, 6.07) is 11.8. The first-order valence-corrected chi connectivity index (χ1v) is 6.92. The summed E-state index contributed by atoms with van der Waals surface area (Å²) in [5.74, 6) is -0.228. The summed E-state index contributed by atoms with van der Waals surface area (Å²) < 4.78 is 13.1. The highest BCUT2D eigenvalue weighted by atomic mass is 35.5. The maximum absolute atomic E-state index is 13.1. The lowest BCUT2D eigenvalue weighted by Gasteiger charge is -2.11. The minimum atomic E-state index is -0.228. The summed E-state index contributed by atoms with van der Waals surface area (Å²) in [7, 11) is 0. The van der Waals surface area contributed by atoms with Gasteiger partial charge >= 0.3 is 0 Å². The van der Waals surface area contributed by atoms with Gasteiger partial charge in [-0.1, -0.05) is 36.0 Å². The van der Waals surface area contributed by atoms with Crippen molar-refractivity contribution >= 4 is 34.5 Å². The second kappa shape index (κ2) is 6.68. The van der Waals surface area contributed by atoms with Crippen LogP contribution in [0.25, 0.3) is 0 Å². The minimum absolute atomic E-state index is 0.228. The molecule has 0 unspecified atom stereocenters. The van der Waals surface area contributed by atoms with E-state index in [0.29, 0.717) is 23.0 Å². The molecule has 0 fully saturated rings. The number of anilines is 1. The van der Waals surface area contributed by atoms with Crippen LogP contribution in [-0.2, 0) is 6.42 Å². The third-order valence-electron chi connectivity index (χ3n) is 2.87. The quantitative estimate of drug-likeness (QED) is 0.826. The van der Waals surface area contributed by atoms with E-state index in [-0.39, 0.29) is 5.82 Å². The Morgan fingerprint density at radius 3 is 2.75 bits per heavy atom. The highest BCUT2D eigenvalue weighted by Crippen LogP contribution is 2.21. The molecule has 0 aliphatic rings. The molecule has 0 saturated heterocycles. The number of nitrogens with two attached hydrogens (primary N) is 1. The summed E-state index contributed by atoms with van der Waals surface area (Å²) >= 11 is 11.0. The molecule has 0 saturated carbocycles. The van der Waals surface area contributed by atoms with Crippen LogP contribution in [0.3, 0.4) is 0 Å². The van der Waals surface area contributed by atoms with Gasteiger partial charge in [0.15, 0.2) is 0 Å². The third kappa shape index (κ3) is 3.92. The Balaban J connectivity index is 2.04. The van der Waals surface area contributed by atoms with Gasteiger partial charge in [0.05, 0.1) is 0 Å². The molecule has 0 spiro atoms. The topological polar surface area (TPSA) is 38.0 Å². The molecule has 2 nitrogen and oxygen atoms in total. The van der Waals surface area contributed by atoms with Crippen LogP contribution in [0.4, 0.5) is 10.1 Å². The molecule has 0 bridgehead atoms. The van der Waals surface area contributed by atoms with Gasteiger partial charge in [0.25, 0.3) is 0 Å². The summed E-state index contributed by atoms with van der Waals surface area (Å²) in [5.41, 5.74) is 8.14. The van der Waals surface area contributed by atoms with Crippen LogP contribution in [-0.4, -0.2) is 11.5 Å². The number of hydrogen-bond acceptors (Lipinski definition) is 2. The molecule has 2 rings (SSSR count). The van der Waals surface area contributed by atoms with E-state index in [2.05, 4.69) is 5.32 Å². The lowest BCUT2D eigenvalue weighted by Crippen LogP contribution is -2.14. The average molecular weight is 309 g/mol. The molecule has 2 aromatic rings. The molecule has 2 aromatic carbocycles. The molecule has 0 aromatic heterocycles. The fraction of sp³-hybridized carbons (Fsp3) is 0.133. The second-order valence-corrected chi connectivity index (χ2v) is 5.24. The first-order valence-electron chi connectivity index (χ1n) is 6.14. The second-order valence-electron chi connectivity index (χ2n) is 4.36. The molecule has 0 radical (unpaired) electrons. The molecular weight excluding hydrogens is 295 g/mol. The van der Waals surface area contributed by atoms with Crippen molar-refractivity contribution in [1.82, 2.24) is 0 Å². The Kier molecular flexibility index (Phi) is 4.93. The van der Waals surface area contributed by atoms with Gasteiger partial charge in [0, 0.05) is 22.8 Å². The summed E-state index contributed by atoms with van der Waals surface area (Å²) in [5, 5.41) is 3.84. The van der Waals surface area contributed by atoms with Gasteiger partial charge < -0.3 is 11.1 Å². The average Bonchev–Trinajstić information content (AvgIpc) is 2.38. The summed E-state index contributed by atoms with van der Waals surface area (Å²) in [6.07, 6.45) is 0.695. The fourth-order valence-corrected chi connectivity index (χ4v) is 2.26. The van der Waals surface area contributed by atoms with Crippen molar-refractivity contribution in [2.75, 3.05) is 11.9 Å². The Morgan fingerprint density at radius 1 is 1.25 bits per heavy atom. The van der Waals surface area contributed by atoms with Crippen molar-refractivity contribution in [2.24, 2.45) is 5.73 Å². The van der Waals surface area contributed by atoms with Gasteiger partial charge in [-0.2, -0.15) is 0 Å². The maximum Gasteiger partial charge on any atom is 0.123 e. The highest BCUT2D eigenvalue weighted by molar-refractivity contribution is 7.80. The van der Waals surface area contributed by atoms with Gasteiger partial charge in [-0.3, -0.25) is 0 Å². The zero-order valence-corrected chi connectivity index (χ0v) is 12.3.